The summed E-state index contributed by atoms with van der Waals surface area (Å²) >= 11 is 0. The minimum absolute atomic E-state index is 0.417. The van der Waals surface area contributed by atoms with Crippen LogP contribution in [-0.4, -0.2) is 2.56 Å². The third kappa shape index (κ3) is 13.7. The van der Waals surface area contributed by atoms with Gasteiger partial charge in [0.25, 0.3) is 0 Å². The predicted molar refractivity (Wildman–Crippen MR) is 389 cm³/mol. The third-order valence-electron chi connectivity index (χ3n) is 16.0. The van der Waals surface area contributed by atoms with Crippen molar-refractivity contribution >= 4 is 103 Å². The predicted octanol–water partition coefficient (Wildman–Crippen LogP) is 24.3. The Morgan fingerprint density at radius 3 is 1.09 bits per heavy atom. The topological polar surface area (TPSA) is 36.8 Å². The van der Waals surface area contributed by atoms with Crippen LogP contribution in [0.3, 0.4) is 0 Å². The molecule has 0 saturated heterocycles. The second-order valence-corrected chi connectivity index (χ2v) is 21.9. The third-order valence-corrected chi connectivity index (χ3v) is 16.0. The Bertz CT molecular complexity index is 4370. The van der Waals surface area contributed by atoms with E-state index in [4.69, 9.17) is 3.97 Å². The molecule has 7 heteroatoms. The molecule has 1 N–H and O–H groups in total. The van der Waals surface area contributed by atoms with Gasteiger partial charge >= 0.3 is 0 Å². The molecule has 5 nitrogen and oxygen atoms in total. The van der Waals surface area contributed by atoms with Crippen molar-refractivity contribution in [3.63, 3.8) is 0 Å². The molecular weight excluding hydrogens is 1120 g/mol. The van der Waals surface area contributed by atoms with E-state index in [0.717, 1.165) is 57.6 Å². The van der Waals surface area contributed by atoms with Gasteiger partial charge in [0, 0.05) is 67.7 Å². The van der Waals surface area contributed by atoms with E-state index >= 15 is 0 Å². The van der Waals surface area contributed by atoms with Gasteiger partial charge in [-0.25, -0.2) is 0 Å². The zero-order chi connectivity index (χ0) is 63.4. The highest BCUT2D eigenvalue weighted by atomic mass is 31.0. The Morgan fingerprint density at radius 1 is 0.393 bits per heavy atom. The molecule has 1 aliphatic carbocycles. The monoisotopic (exact) mass is 1190 g/mol. The molecule has 2 atom stereocenters. The van der Waals surface area contributed by atoms with E-state index in [1.54, 1.807) is 0 Å². The molecule has 0 spiro atoms. The van der Waals surface area contributed by atoms with Crippen LogP contribution in [0.25, 0.3) is 43.8 Å². The van der Waals surface area contributed by atoms with Crippen LogP contribution in [0, 0.1) is 18.0 Å². The van der Waals surface area contributed by atoms with E-state index in [-0.39, 0.29) is 0 Å². The van der Waals surface area contributed by atoms with Crippen LogP contribution < -0.4 is 19.6 Å². The lowest BCUT2D eigenvalue weighted by atomic mass is 9.98. The summed E-state index contributed by atoms with van der Waals surface area (Å²) in [5.41, 5.74) is 20.0. The van der Waals surface area contributed by atoms with Crippen LogP contribution in [-0.2, 0) is 0 Å². The van der Waals surface area contributed by atoms with Gasteiger partial charge in [0.15, 0.2) is 1.41 Å². The van der Waals surface area contributed by atoms with E-state index in [2.05, 4.69) is 393 Å². The van der Waals surface area contributed by atoms with Crippen LogP contribution >= 0.6 is 18.8 Å². The fourth-order valence-electron chi connectivity index (χ4n) is 11.9. The lowest BCUT2D eigenvalue weighted by molar-refractivity contribution is 0.696. The van der Waals surface area contributed by atoms with Gasteiger partial charge in [-0.3, -0.25) is 5.15 Å². The normalized spacial score (nSPS) is 12.7. The number of nitrogens with zero attached hydrogens (tertiary/aromatic N) is 4. The molecule has 0 fully saturated rings. The molecule has 0 amide bonds. The SMILES string of the molecule is Cc1cccc(N(c2ccccc2)c2ccc(-c3ccc(N(C4=CC=CC(C)C4)c4ccccc4)cc3)cc2)c1.[2H]N=P.[2H]P[3H].c1ccc(N(c2ccc(-c3ccc(N(c4ccccc4)c4cccc5ccccc45)cc3)cc2)c2cccc3ccccc23)cc1. The summed E-state index contributed by atoms with van der Waals surface area (Å²) in [6, 6.07) is 117. The highest BCUT2D eigenvalue weighted by molar-refractivity contribution is 7.02. The van der Waals surface area contributed by atoms with E-state index in [1.807, 2.05) is 0 Å². The minimum Gasteiger partial charge on any atom is -0.314 e. The molecule has 0 radical (unpaired) electrons. The van der Waals surface area contributed by atoms with Crippen molar-refractivity contribution < 1.29 is 1.41 Å². The number of nitrogens with one attached hydrogen (secondary N) is 1. The number of fused-ring (bicyclic) bond motifs is 2. The number of anilines is 11. The van der Waals surface area contributed by atoms with E-state index in [0.29, 0.717) is 5.92 Å². The summed E-state index contributed by atoms with van der Waals surface area (Å²) in [5, 5.41) is 7.46. The lowest BCUT2D eigenvalue weighted by Gasteiger charge is -2.30. The molecule has 0 aliphatic heterocycles. The molecule has 89 heavy (non-hydrogen) atoms. The summed E-state index contributed by atoms with van der Waals surface area (Å²) < 4.78 is 17.6. The van der Waals surface area contributed by atoms with Crippen LogP contribution in [0.5, 0.6) is 0 Å². The quantitative estimate of drug-likeness (QED) is 0.110. The number of allylic oxidation sites excluding steroid dienone is 4. The van der Waals surface area contributed by atoms with Crippen molar-refractivity contribution in [3.05, 3.63) is 357 Å². The molecule has 2 unspecified atom stereocenters. The average Bonchev–Trinajstić information content (AvgIpc) is 0.936. The second kappa shape index (κ2) is 28.9. The molecule has 434 valence electrons. The fourth-order valence-corrected chi connectivity index (χ4v) is 11.9. The van der Waals surface area contributed by atoms with Gasteiger partial charge in [0.05, 0.1) is 13.9 Å². The number of hydrogen-bond acceptors (Lipinski definition) is 5. The number of benzene rings is 13. The second-order valence-electron chi connectivity index (χ2n) is 21.9. The van der Waals surface area contributed by atoms with E-state index in [9.17, 15) is 0 Å². The van der Waals surface area contributed by atoms with Gasteiger partial charge in [0.2, 0.25) is 0 Å². The Kier molecular flexibility index (Phi) is 18.3. The summed E-state index contributed by atoms with van der Waals surface area (Å²) in [4.78, 5) is 9.38. The highest BCUT2D eigenvalue weighted by Crippen LogP contribution is 2.43. The van der Waals surface area contributed by atoms with Crippen molar-refractivity contribution in [2.45, 2.75) is 20.3 Å². The Labute approximate surface area is 534 Å². The summed E-state index contributed by atoms with van der Waals surface area (Å²) in [5.74, 6) is 0.527. The first-order valence-corrected chi connectivity index (χ1v) is 30.4. The van der Waals surface area contributed by atoms with Gasteiger partial charge in [-0.1, -0.05) is 225 Å². The largest absolute Gasteiger partial charge is 0.314 e. The van der Waals surface area contributed by atoms with Crippen molar-refractivity contribution in [3.8, 4) is 22.3 Å². The first kappa shape index (κ1) is 56.4. The van der Waals surface area contributed by atoms with Gasteiger partial charge in [0.1, 0.15) is 0 Å². The molecular formula is C82H71N5P2. The molecule has 0 aromatic heterocycles. The minimum atomic E-state index is -0.417. The summed E-state index contributed by atoms with van der Waals surface area (Å²) in [7, 11) is 2.06. The van der Waals surface area contributed by atoms with Crippen molar-refractivity contribution in [2.75, 3.05) is 19.6 Å². The van der Waals surface area contributed by atoms with Crippen LogP contribution in [0.15, 0.2) is 352 Å². The Balaban J connectivity index is 0.000000175. The zero-order valence-electron chi connectivity index (χ0n) is 52.9. The smallest absolute Gasteiger partial charge is 0.192 e. The van der Waals surface area contributed by atoms with Crippen molar-refractivity contribution in [2.24, 2.45) is 5.92 Å². The maximum atomic E-state index is 5.90. The number of hydrogen-bond donors (Lipinski definition) is 1. The summed E-state index contributed by atoms with van der Waals surface area (Å²) in [6.45, 7) is 4.41. The maximum absolute atomic E-state index is 5.90. The molecule has 0 bridgehead atoms. The highest BCUT2D eigenvalue weighted by Gasteiger charge is 2.21. The Hall–Kier alpha value is -10.4. The molecule has 0 saturated carbocycles. The average molecular weight is 1190 g/mol. The first-order chi connectivity index (χ1) is 45.3. The lowest BCUT2D eigenvalue weighted by Crippen LogP contribution is -2.19. The maximum Gasteiger partial charge on any atom is 0.192 e. The van der Waals surface area contributed by atoms with Gasteiger partial charge in [-0.05, 0) is 194 Å². The van der Waals surface area contributed by atoms with Crippen LogP contribution in [0.2, 0.25) is 1.41 Å². The zero-order valence-corrected chi connectivity index (χ0v) is 51.9. The first-order valence-electron chi connectivity index (χ1n) is 31.4. The van der Waals surface area contributed by atoms with Gasteiger partial charge < -0.3 is 19.6 Å². The van der Waals surface area contributed by atoms with Crippen molar-refractivity contribution in [1.82, 2.24) is 0 Å². The van der Waals surface area contributed by atoms with Gasteiger partial charge in [-0.2, -0.15) is 9.79 Å². The molecule has 13 aromatic carbocycles. The number of rotatable bonds is 14. The molecule has 14 rings (SSSR count). The molecule has 13 aromatic rings. The van der Waals surface area contributed by atoms with E-state index < -0.39 is 9.79 Å². The van der Waals surface area contributed by atoms with E-state index in [1.165, 1.54) is 66.4 Å². The Morgan fingerprint density at radius 2 is 0.697 bits per heavy atom. The fraction of sp³-hybridized carbons (Fsp3) is 0.0488. The van der Waals surface area contributed by atoms with Crippen LogP contribution in [0.4, 0.5) is 62.6 Å². The van der Waals surface area contributed by atoms with Crippen LogP contribution in [0.1, 0.15) is 18.9 Å². The van der Waals surface area contributed by atoms with Gasteiger partial charge in [-0.15, -0.1) is 0 Å². The van der Waals surface area contributed by atoms with Crippen molar-refractivity contribution in [1.29, 1.82) is 7.71 Å². The molecule has 0 heterocycles. The standard InChI is InChI=1S/C44H32N2.C38H34N2.H2NP.H3P/c1-3-17-37(18-4-1)45(43-23-11-15-35-13-7-9-21-41(35)43)39-29-25-33(26-30-39)34-27-31-40(32-28-34)46(38-19-5-2-6-20-38)44-24-12-16-36-14-8-10-22-42(36)44;1-29-11-9-17-37(27-29)39(33-13-5-3-6-14-33)35-23-19-31(20-24-35)32-21-25-36(26-22-32)40(34-15-7-4-8-16-34)38-18-10-12-30(2)28-38;1-2;/h1-32H;3-27,30H,28H2,1-2H3;1-2H;1H3/i;;;1TD/hD. The molecule has 1 aliphatic rings. The number of aryl methyl sites for hydroxylation is 1. The number of para-hydroxylation sites is 4. The summed E-state index contributed by atoms with van der Waals surface area (Å²) in [6.07, 6.45) is 7.72.